The van der Waals surface area contributed by atoms with E-state index < -0.39 is 16.6 Å². The molecule has 0 saturated carbocycles. The van der Waals surface area contributed by atoms with Crippen molar-refractivity contribution in [2.24, 2.45) is 0 Å². The Bertz CT molecular complexity index is 122. The number of rotatable bonds is 0. The monoisotopic (exact) mass is 240 g/mol. The average Bonchev–Trinajstić information content (AvgIpc) is 1.56. The molecular weight excluding hydrogens is 223 g/mol. The number of hydrogen-bond acceptors (Lipinski definition) is 1. The third kappa shape index (κ3) is 2.51. The van der Waals surface area contributed by atoms with Crippen LogP contribution in [0.1, 0.15) is 0 Å². The van der Waals surface area contributed by atoms with E-state index in [0.29, 0.717) is 0 Å². The van der Waals surface area contributed by atoms with Gasteiger partial charge < -0.3 is 0 Å². The van der Waals surface area contributed by atoms with Crippen molar-refractivity contribution in [2.75, 3.05) is 0 Å². The summed E-state index contributed by atoms with van der Waals surface area (Å²) in [6.07, 6.45) is 0. The second kappa shape index (κ2) is 2.75. The van der Waals surface area contributed by atoms with Crippen molar-refractivity contribution in [1.82, 2.24) is 0 Å². The Hall–Kier alpha value is 0.913. The van der Waals surface area contributed by atoms with Crippen molar-refractivity contribution in [3.05, 3.63) is 0 Å². The van der Waals surface area contributed by atoms with Crippen LogP contribution in [0.2, 0.25) is 36.1 Å². The summed E-state index contributed by atoms with van der Waals surface area (Å²) in [6, 6.07) is 0. The van der Waals surface area contributed by atoms with Gasteiger partial charge in [0, 0.05) is 0 Å². The zero-order valence-electron chi connectivity index (χ0n) is 7.23. The fraction of sp³-hybridized carbons (Fsp3) is 1.00. The van der Waals surface area contributed by atoms with Crippen LogP contribution < -0.4 is 0 Å². The van der Waals surface area contributed by atoms with Crippen molar-refractivity contribution in [1.29, 1.82) is 0 Å². The molecule has 0 aromatic rings. The molecule has 0 radical (unpaired) electrons. The van der Waals surface area contributed by atoms with Crippen molar-refractivity contribution in [3.63, 3.8) is 0 Å². The third-order valence-electron chi connectivity index (χ3n) is 1.45. The van der Waals surface area contributed by atoms with E-state index in [1.165, 1.54) is 9.89 Å². The molecule has 0 aromatic carbocycles. The molecule has 0 aromatic heterocycles. The van der Waals surface area contributed by atoms with Gasteiger partial charge in [0.25, 0.3) is 0 Å². The van der Waals surface area contributed by atoms with Crippen molar-refractivity contribution in [2.45, 2.75) is 36.1 Å². The minimum absolute atomic E-state index is 0.920. The topological polar surface area (TPSA) is 9.23 Å². The molecule has 1 fully saturated rings. The fourth-order valence-corrected chi connectivity index (χ4v) is 19.5. The molecule has 0 bridgehead atoms. The minimum atomic E-state index is -1.14. The molecule has 1 aliphatic rings. The second-order valence-corrected chi connectivity index (χ2v) is 17.0. The molecule has 0 amide bonds. The van der Waals surface area contributed by atoms with E-state index >= 15 is 0 Å². The third-order valence-corrected chi connectivity index (χ3v) is 19.0. The van der Waals surface area contributed by atoms with Crippen LogP contribution in [-0.2, 0) is 4.12 Å². The average molecular weight is 239 g/mol. The molecule has 1 rings (SSSR count). The molecular formula is C6H16OSeSi2. The van der Waals surface area contributed by atoms with Crippen molar-refractivity contribution in [3.8, 4) is 0 Å². The Balaban J connectivity index is 2.56. The molecule has 4 heteroatoms. The Morgan fingerprint density at radius 3 is 1.60 bits per heavy atom. The standard InChI is InChI=1S/C6H16OSeSi2/c1-9(2)5-8-6-10(3,4)7-9/h5-6H2,1-4H3. The van der Waals surface area contributed by atoms with E-state index in [2.05, 4.69) is 26.2 Å². The summed E-state index contributed by atoms with van der Waals surface area (Å²) >= 11 is 0.920. The first kappa shape index (κ1) is 9.00. The first-order chi connectivity index (χ1) is 4.41. The van der Waals surface area contributed by atoms with Gasteiger partial charge in [0.2, 0.25) is 0 Å². The summed E-state index contributed by atoms with van der Waals surface area (Å²) in [5.41, 5.74) is 0. The van der Waals surface area contributed by atoms with Crippen LogP contribution in [0.25, 0.3) is 0 Å². The molecule has 0 aliphatic carbocycles. The van der Waals surface area contributed by atoms with Gasteiger partial charge in [-0.25, -0.2) is 0 Å². The second-order valence-electron chi connectivity index (χ2n) is 4.11. The van der Waals surface area contributed by atoms with E-state index in [0.717, 1.165) is 15.0 Å². The molecule has 1 saturated heterocycles. The summed E-state index contributed by atoms with van der Waals surface area (Å²) < 4.78 is 6.15. The molecule has 60 valence electrons. The molecule has 0 atom stereocenters. The van der Waals surface area contributed by atoms with Crippen LogP contribution in [0.5, 0.6) is 0 Å². The van der Waals surface area contributed by atoms with E-state index in [1.807, 2.05) is 0 Å². The van der Waals surface area contributed by atoms with Gasteiger partial charge in [-0.1, -0.05) is 0 Å². The molecule has 0 spiro atoms. The molecule has 1 aliphatic heterocycles. The quantitative estimate of drug-likeness (QED) is 0.588. The normalized spacial score (nSPS) is 30.0. The van der Waals surface area contributed by atoms with Gasteiger partial charge in [0.05, 0.1) is 0 Å². The van der Waals surface area contributed by atoms with Gasteiger partial charge in [-0.05, 0) is 0 Å². The Morgan fingerprint density at radius 1 is 1.00 bits per heavy atom. The molecule has 1 nitrogen and oxygen atoms in total. The van der Waals surface area contributed by atoms with Gasteiger partial charge in [-0.15, -0.1) is 0 Å². The van der Waals surface area contributed by atoms with Crippen molar-refractivity contribution < 1.29 is 4.12 Å². The predicted molar refractivity (Wildman–Crippen MR) is 51.4 cm³/mol. The Morgan fingerprint density at radius 2 is 1.40 bits per heavy atom. The van der Waals surface area contributed by atoms with Crippen LogP contribution in [0.4, 0.5) is 0 Å². The van der Waals surface area contributed by atoms with Crippen LogP contribution in [0.15, 0.2) is 0 Å². The first-order valence-corrected chi connectivity index (χ1v) is 12.3. The summed E-state index contributed by atoms with van der Waals surface area (Å²) in [4.78, 5) is 2.88. The van der Waals surface area contributed by atoms with E-state index in [1.54, 1.807) is 0 Å². The SMILES string of the molecule is C[Si]1(C)C[Se]C[Si](C)(C)O1. The predicted octanol–water partition coefficient (Wildman–Crippen LogP) is 2.05. The zero-order valence-corrected chi connectivity index (χ0v) is 10.9. The summed E-state index contributed by atoms with van der Waals surface area (Å²) in [7, 11) is -2.27. The van der Waals surface area contributed by atoms with E-state index in [-0.39, 0.29) is 0 Å². The fourth-order valence-electron chi connectivity index (χ4n) is 1.35. The van der Waals surface area contributed by atoms with Crippen LogP contribution in [0, 0.1) is 0 Å². The van der Waals surface area contributed by atoms with Crippen LogP contribution in [-0.4, -0.2) is 31.6 Å². The molecule has 10 heavy (non-hydrogen) atoms. The maximum atomic E-state index is 6.15. The van der Waals surface area contributed by atoms with Gasteiger partial charge >= 0.3 is 71.8 Å². The summed E-state index contributed by atoms with van der Waals surface area (Å²) in [5.74, 6) is 0. The van der Waals surface area contributed by atoms with E-state index in [4.69, 9.17) is 4.12 Å². The van der Waals surface area contributed by atoms with Gasteiger partial charge in [-0.2, -0.15) is 0 Å². The van der Waals surface area contributed by atoms with Crippen molar-refractivity contribution >= 4 is 31.6 Å². The first-order valence-electron chi connectivity index (χ1n) is 3.69. The van der Waals surface area contributed by atoms with Crippen LogP contribution in [0.3, 0.4) is 0 Å². The molecule has 0 N–H and O–H groups in total. The maximum absolute atomic E-state index is 6.15. The Kier molecular flexibility index (Phi) is 2.48. The Labute approximate surface area is 72.0 Å². The van der Waals surface area contributed by atoms with Crippen LogP contribution >= 0.6 is 0 Å². The summed E-state index contributed by atoms with van der Waals surface area (Å²) in [6.45, 7) is 9.46. The number of hydrogen-bond donors (Lipinski definition) is 0. The zero-order chi connectivity index (χ0) is 7.83. The van der Waals surface area contributed by atoms with Gasteiger partial charge in [0.1, 0.15) is 0 Å². The molecule has 0 unspecified atom stereocenters. The van der Waals surface area contributed by atoms with E-state index in [9.17, 15) is 0 Å². The molecule has 1 heterocycles. The summed E-state index contributed by atoms with van der Waals surface area (Å²) in [5, 5.41) is 0. The van der Waals surface area contributed by atoms with Gasteiger partial charge in [0.15, 0.2) is 0 Å². The van der Waals surface area contributed by atoms with Gasteiger partial charge in [-0.3, -0.25) is 0 Å².